The van der Waals surface area contributed by atoms with E-state index in [0.717, 1.165) is 10.8 Å². The molecule has 0 spiro atoms. The summed E-state index contributed by atoms with van der Waals surface area (Å²) in [6, 6.07) is 18.5. The molecule has 26 heavy (non-hydrogen) atoms. The fourth-order valence-corrected chi connectivity index (χ4v) is 3.48. The Hall–Kier alpha value is -2.66. The fourth-order valence-electron chi connectivity index (χ4n) is 2.78. The Balaban J connectivity index is 1.64. The standard InChI is InChI=1S/C21H21NO3S/c1-21(2,15-6-4-3-5-7-15)16-8-10-18(11-9-16)25-13-19-22-17(14-26-19)12-20(23)24/h3-11,14H,12-13H2,1-2H3,(H,23,24)/p-1. The highest BCUT2D eigenvalue weighted by molar-refractivity contribution is 7.09. The van der Waals surface area contributed by atoms with Gasteiger partial charge >= 0.3 is 0 Å². The van der Waals surface area contributed by atoms with Gasteiger partial charge in [-0.05, 0) is 23.3 Å². The van der Waals surface area contributed by atoms with Gasteiger partial charge in [-0.1, -0.05) is 56.3 Å². The molecule has 0 saturated heterocycles. The van der Waals surface area contributed by atoms with Gasteiger partial charge in [0.05, 0.1) is 5.69 Å². The van der Waals surface area contributed by atoms with Gasteiger partial charge in [0, 0.05) is 23.2 Å². The molecule has 4 nitrogen and oxygen atoms in total. The maximum atomic E-state index is 10.6. The molecule has 0 amide bonds. The summed E-state index contributed by atoms with van der Waals surface area (Å²) in [5.74, 6) is -0.367. The number of benzene rings is 2. The lowest BCUT2D eigenvalue weighted by Gasteiger charge is -2.26. The molecule has 0 fully saturated rings. The van der Waals surface area contributed by atoms with Crippen LogP contribution in [0, 0.1) is 0 Å². The zero-order valence-corrected chi connectivity index (χ0v) is 15.6. The second-order valence-corrected chi connectivity index (χ2v) is 7.53. The van der Waals surface area contributed by atoms with Crippen LogP contribution in [0.5, 0.6) is 5.75 Å². The van der Waals surface area contributed by atoms with Gasteiger partial charge in [-0.15, -0.1) is 11.3 Å². The average Bonchev–Trinajstić information content (AvgIpc) is 3.08. The van der Waals surface area contributed by atoms with E-state index in [2.05, 4.69) is 55.2 Å². The maximum absolute atomic E-state index is 10.6. The smallest absolute Gasteiger partial charge is 0.140 e. The molecule has 0 saturated carbocycles. The van der Waals surface area contributed by atoms with E-state index in [1.807, 2.05) is 18.2 Å². The van der Waals surface area contributed by atoms with Crippen molar-refractivity contribution in [3.05, 3.63) is 81.8 Å². The highest BCUT2D eigenvalue weighted by Gasteiger charge is 2.22. The van der Waals surface area contributed by atoms with E-state index in [1.54, 1.807) is 5.38 Å². The molecule has 3 rings (SSSR count). The van der Waals surface area contributed by atoms with Gasteiger partial charge in [0.15, 0.2) is 0 Å². The van der Waals surface area contributed by atoms with Crippen molar-refractivity contribution in [2.24, 2.45) is 0 Å². The molecule has 2 aromatic carbocycles. The zero-order chi connectivity index (χ0) is 18.6. The molecule has 0 aliphatic heterocycles. The van der Waals surface area contributed by atoms with Crippen molar-refractivity contribution in [1.29, 1.82) is 0 Å². The Morgan fingerprint density at radius 3 is 2.38 bits per heavy atom. The predicted octanol–water partition coefficient (Wildman–Crippen LogP) is 3.34. The van der Waals surface area contributed by atoms with Gasteiger partial charge in [-0.3, -0.25) is 0 Å². The van der Waals surface area contributed by atoms with Crippen LogP contribution in [-0.4, -0.2) is 11.0 Å². The number of aliphatic carboxylic acids is 1. The van der Waals surface area contributed by atoms with Crippen LogP contribution < -0.4 is 9.84 Å². The number of ether oxygens (including phenoxy) is 1. The number of nitrogens with zero attached hydrogens (tertiary/aromatic N) is 1. The number of hydrogen-bond acceptors (Lipinski definition) is 5. The Labute approximate surface area is 157 Å². The van der Waals surface area contributed by atoms with Crippen molar-refractivity contribution < 1.29 is 14.6 Å². The number of carbonyl (C=O) groups excluding carboxylic acids is 1. The summed E-state index contributed by atoms with van der Waals surface area (Å²) < 4.78 is 5.77. The van der Waals surface area contributed by atoms with Crippen LogP contribution in [0.25, 0.3) is 0 Å². The third kappa shape index (κ3) is 4.29. The van der Waals surface area contributed by atoms with Crippen LogP contribution in [0.15, 0.2) is 60.0 Å². The van der Waals surface area contributed by atoms with Crippen LogP contribution in [0.1, 0.15) is 35.7 Å². The van der Waals surface area contributed by atoms with Crippen LogP contribution >= 0.6 is 11.3 Å². The van der Waals surface area contributed by atoms with Crippen LogP contribution in [0.3, 0.4) is 0 Å². The Morgan fingerprint density at radius 2 is 1.73 bits per heavy atom. The minimum absolute atomic E-state index is 0.0884. The zero-order valence-electron chi connectivity index (χ0n) is 14.8. The molecule has 0 atom stereocenters. The molecule has 0 bridgehead atoms. The number of carboxylic acid groups (broad SMARTS) is 1. The van der Waals surface area contributed by atoms with Crippen LogP contribution in [-0.2, 0) is 23.2 Å². The number of carboxylic acids is 1. The first-order valence-electron chi connectivity index (χ1n) is 8.37. The fraction of sp³-hybridized carbons (Fsp3) is 0.238. The molecule has 0 radical (unpaired) electrons. The highest BCUT2D eigenvalue weighted by Crippen LogP contribution is 2.32. The number of carbonyl (C=O) groups is 1. The van der Waals surface area contributed by atoms with Crippen molar-refractivity contribution in [3.8, 4) is 5.75 Å². The molecule has 134 valence electrons. The van der Waals surface area contributed by atoms with E-state index in [-0.39, 0.29) is 11.8 Å². The summed E-state index contributed by atoms with van der Waals surface area (Å²) in [4.78, 5) is 14.8. The second-order valence-electron chi connectivity index (χ2n) is 6.59. The summed E-state index contributed by atoms with van der Waals surface area (Å²) in [6.45, 7) is 4.72. The predicted molar refractivity (Wildman–Crippen MR) is 100 cm³/mol. The first-order chi connectivity index (χ1) is 12.4. The van der Waals surface area contributed by atoms with Crippen LogP contribution in [0.2, 0.25) is 0 Å². The number of hydrogen-bond donors (Lipinski definition) is 0. The van der Waals surface area contributed by atoms with E-state index in [1.165, 1.54) is 22.5 Å². The second kappa shape index (κ2) is 7.70. The molecule has 0 unspecified atom stereocenters. The van der Waals surface area contributed by atoms with Crippen molar-refractivity contribution in [3.63, 3.8) is 0 Å². The molecule has 0 aliphatic carbocycles. The Morgan fingerprint density at radius 1 is 1.08 bits per heavy atom. The summed E-state index contributed by atoms with van der Waals surface area (Å²) in [5, 5.41) is 13.1. The molecule has 5 heteroatoms. The van der Waals surface area contributed by atoms with E-state index in [0.29, 0.717) is 12.3 Å². The number of aromatic nitrogens is 1. The third-order valence-corrected chi connectivity index (χ3v) is 5.23. The minimum atomic E-state index is -1.13. The van der Waals surface area contributed by atoms with E-state index in [9.17, 15) is 9.90 Å². The van der Waals surface area contributed by atoms with E-state index >= 15 is 0 Å². The van der Waals surface area contributed by atoms with Gasteiger partial charge in [0.2, 0.25) is 0 Å². The summed E-state index contributed by atoms with van der Waals surface area (Å²) in [7, 11) is 0. The molecule has 1 aromatic heterocycles. The quantitative estimate of drug-likeness (QED) is 0.643. The van der Waals surface area contributed by atoms with Crippen molar-refractivity contribution in [2.75, 3.05) is 0 Å². The minimum Gasteiger partial charge on any atom is -0.550 e. The summed E-state index contributed by atoms with van der Waals surface area (Å²) in [5.41, 5.74) is 2.89. The van der Waals surface area contributed by atoms with Gasteiger partial charge in [-0.2, -0.15) is 0 Å². The van der Waals surface area contributed by atoms with Gasteiger partial charge in [0.25, 0.3) is 0 Å². The topological polar surface area (TPSA) is 62.2 Å². The van der Waals surface area contributed by atoms with Crippen molar-refractivity contribution >= 4 is 17.3 Å². The largest absolute Gasteiger partial charge is 0.550 e. The van der Waals surface area contributed by atoms with Crippen molar-refractivity contribution in [2.45, 2.75) is 32.3 Å². The van der Waals surface area contributed by atoms with Crippen molar-refractivity contribution in [1.82, 2.24) is 4.98 Å². The van der Waals surface area contributed by atoms with Gasteiger partial charge in [0.1, 0.15) is 17.4 Å². The highest BCUT2D eigenvalue weighted by atomic mass is 32.1. The molecular formula is C21H20NO3S-. The lowest BCUT2D eigenvalue weighted by atomic mass is 9.78. The van der Waals surface area contributed by atoms with E-state index in [4.69, 9.17) is 4.74 Å². The molecule has 1 heterocycles. The average molecular weight is 366 g/mol. The lowest BCUT2D eigenvalue weighted by molar-refractivity contribution is -0.304. The van der Waals surface area contributed by atoms with Gasteiger partial charge in [-0.25, -0.2) is 4.98 Å². The maximum Gasteiger partial charge on any atom is 0.140 e. The van der Waals surface area contributed by atoms with Gasteiger partial charge < -0.3 is 14.6 Å². The summed E-state index contributed by atoms with van der Waals surface area (Å²) in [6.07, 6.45) is -0.167. The monoisotopic (exact) mass is 366 g/mol. The third-order valence-electron chi connectivity index (χ3n) is 4.36. The molecular weight excluding hydrogens is 346 g/mol. The first-order valence-corrected chi connectivity index (χ1v) is 9.25. The molecule has 3 aromatic rings. The molecule has 0 N–H and O–H groups in total. The SMILES string of the molecule is CC(C)(c1ccccc1)c1ccc(OCc2nc(CC(=O)[O-])cs2)cc1. The normalized spacial score (nSPS) is 11.3. The van der Waals surface area contributed by atoms with Crippen LogP contribution in [0.4, 0.5) is 0 Å². The Kier molecular flexibility index (Phi) is 5.38. The number of rotatable bonds is 7. The molecule has 0 aliphatic rings. The number of thiazole rings is 1. The van der Waals surface area contributed by atoms with E-state index < -0.39 is 5.97 Å². The lowest BCUT2D eigenvalue weighted by Crippen LogP contribution is -2.24. The summed E-state index contributed by atoms with van der Waals surface area (Å²) >= 11 is 1.39. The Bertz CT molecular complexity index is 870. The first kappa shape index (κ1) is 18.1.